The highest BCUT2D eigenvalue weighted by molar-refractivity contribution is 7.87. The van der Waals surface area contributed by atoms with Gasteiger partial charge in [-0.15, -0.1) is 0 Å². The van der Waals surface area contributed by atoms with Crippen molar-refractivity contribution in [1.82, 2.24) is 0 Å². The topological polar surface area (TPSA) is 55.5 Å². The van der Waals surface area contributed by atoms with E-state index >= 15 is 0 Å². The predicted molar refractivity (Wildman–Crippen MR) is 35.8 cm³/mol. The largest absolute Gasteiger partial charge is 0.232 e. The lowest BCUT2D eigenvalue weighted by Gasteiger charge is -1.84. The Bertz CT molecular complexity index is 149. The highest BCUT2D eigenvalue weighted by atomic mass is 32.2. The van der Waals surface area contributed by atoms with Crippen LogP contribution in [0.25, 0.3) is 0 Å². The van der Waals surface area contributed by atoms with E-state index in [1.807, 2.05) is 0 Å². The minimum absolute atomic E-state index is 0.231. The molecule has 9 heavy (non-hydrogen) atoms. The van der Waals surface area contributed by atoms with Crippen molar-refractivity contribution in [3.63, 3.8) is 0 Å². The molecule has 1 rings (SSSR count). The molecule has 0 aliphatic carbocycles. The molecule has 1 aliphatic rings. The molecule has 0 aromatic rings. The summed E-state index contributed by atoms with van der Waals surface area (Å²) in [5.74, 6) is 1.86. The van der Waals surface area contributed by atoms with E-state index in [0.29, 0.717) is 0 Å². The molecule has 5 heteroatoms. The lowest BCUT2D eigenvalue weighted by Crippen LogP contribution is -1.94. The van der Waals surface area contributed by atoms with Gasteiger partial charge in [0.05, 0.1) is 4.47 Å². The standard InChI is InChI=1S/C4H8N2O2S/c7-6(8)5-9-3-1-2-4-9/h1-4H2. The van der Waals surface area contributed by atoms with Gasteiger partial charge in [0.2, 0.25) is 0 Å². The van der Waals surface area contributed by atoms with E-state index in [9.17, 15) is 10.1 Å². The van der Waals surface area contributed by atoms with Gasteiger partial charge in [-0.2, -0.15) is 0 Å². The Balaban J connectivity index is 2.49. The Morgan fingerprint density at radius 3 is 2.44 bits per heavy atom. The molecule has 1 heterocycles. The van der Waals surface area contributed by atoms with Crippen LogP contribution in [0, 0.1) is 10.1 Å². The van der Waals surface area contributed by atoms with E-state index in [1.54, 1.807) is 0 Å². The van der Waals surface area contributed by atoms with Gasteiger partial charge in [0.25, 0.3) is 0 Å². The van der Waals surface area contributed by atoms with Crippen LogP contribution < -0.4 is 0 Å². The summed E-state index contributed by atoms with van der Waals surface area (Å²) >= 11 is 0. The maximum atomic E-state index is 9.80. The average Bonchev–Trinajstić information content (AvgIpc) is 2.15. The van der Waals surface area contributed by atoms with Crippen LogP contribution in [0.5, 0.6) is 0 Å². The molecule has 52 valence electrons. The van der Waals surface area contributed by atoms with Gasteiger partial charge < -0.3 is 0 Å². The first-order chi connectivity index (χ1) is 4.29. The highest BCUT2D eigenvalue weighted by Gasteiger charge is 2.09. The van der Waals surface area contributed by atoms with Gasteiger partial charge in [-0.1, -0.05) is 0 Å². The quantitative estimate of drug-likeness (QED) is 0.407. The zero-order valence-electron chi connectivity index (χ0n) is 4.95. The molecule has 1 saturated heterocycles. The summed E-state index contributed by atoms with van der Waals surface area (Å²) in [6.45, 7) is 0. The highest BCUT2D eigenvalue weighted by Crippen LogP contribution is 2.07. The van der Waals surface area contributed by atoms with Crippen LogP contribution in [0.1, 0.15) is 12.8 Å². The number of hydrogen-bond acceptors (Lipinski definition) is 2. The average molecular weight is 148 g/mol. The van der Waals surface area contributed by atoms with Crippen LogP contribution in [0.4, 0.5) is 0 Å². The summed E-state index contributed by atoms with van der Waals surface area (Å²) in [7, 11) is -0.231. The van der Waals surface area contributed by atoms with Gasteiger partial charge >= 0.3 is 0 Å². The number of nitro groups is 1. The molecule has 0 unspecified atom stereocenters. The Kier molecular flexibility index (Phi) is 2.16. The minimum atomic E-state index is -0.561. The van der Waals surface area contributed by atoms with E-state index < -0.39 is 5.03 Å². The summed E-state index contributed by atoms with van der Waals surface area (Å²) < 4.78 is 3.33. The number of hydrogen-bond donors (Lipinski definition) is 0. The van der Waals surface area contributed by atoms with Crippen LogP contribution in [0.3, 0.4) is 0 Å². The monoisotopic (exact) mass is 148 g/mol. The van der Waals surface area contributed by atoms with Gasteiger partial charge in [0, 0.05) is 11.5 Å². The van der Waals surface area contributed by atoms with Crippen LogP contribution in [0.15, 0.2) is 4.47 Å². The van der Waals surface area contributed by atoms with Crippen molar-refractivity contribution >= 4 is 10.7 Å². The zero-order chi connectivity index (χ0) is 6.69. The molecule has 0 saturated carbocycles. The number of nitrogens with zero attached hydrogens (tertiary/aromatic N) is 2. The molecule has 0 spiro atoms. The SMILES string of the molecule is O=[N+]([O-])N=S1CCCC1. The second kappa shape index (κ2) is 2.91. The molecule has 0 radical (unpaired) electrons. The van der Waals surface area contributed by atoms with Crippen LogP contribution in [-0.2, 0) is 10.7 Å². The molecule has 0 aromatic carbocycles. The third-order valence-electron chi connectivity index (χ3n) is 1.19. The van der Waals surface area contributed by atoms with Crippen LogP contribution in [-0.4, -0.2) is 16.5 Å². The van der Waals surface area contributed by atoms with Crippen LogP contribution in [0.2, 0.25) is 0 Å². The molecule has 0 amide bonds. The lowest BCUT2D eigenvalue weighted by atomic mass is 10.4. The molecule has 0 aromatic heterocycles. The fourth-order valence-electron chi connectivity index (χ4n) is 0.815. The maximum Gasteiger partial charge on any atom is 0.197 e. The van der Waals surface area contributed by atoms with E-state index in [1.165, 1.54) is 0 Å². The van der Waals surface area contributed by atoms with Gasteiger partial charge in [-0.25, -0.2) is 10.1 Å². The van der Waals surface area contributed by atoms with E-state index in [0.717, 1.165) is 24.3 Å². The molecule has 1 fully saturated rings. The summed E-state index contributed by atoms with van der Waals surface area (Å²) in [5, 5.41) is 9.24. The van der Waals surface area contributed by atoms with Gasteiger partial charge in [0.1, 0.15) is 0 Å². The molecule has 1 aliphatic heterocycles. The van der Waals surface area contributed by atoms with Crippen molar-refractivity contribution in [2.24, 2.45) is 4.47 Å². The normalized spacial score (nSPS) is 20.0. The second-order valence-electron chi connectivity index (χ2n) is 1.90. The van der Waals surface area contributed by atoms with Crippen molar-refractivity contribution in [2.45, 2.75) is 12.8 Å². The summed E-state index contributed by atoms with van der Waals surface area (Å²) in [6.07, 6.45) is 2.22. The van der Waals surface area contributed by atoms with Crippen molar-refractivity contribution in [3.8, 4) is 0 Å². The minimum Gasteiger partial charge on any atom is -0.232 e. The van der Waals surface area contributed by atoms with Gasteiger partial charge in [-0.05, 0) is 23.5 Å². The van der Waals surface area contributed by atoms with Crippen molar-refractivity contribution < 1.29 is 5.03 Å². The molecule has 0 atom stereocenters. The molecule has 0 bridgehead atoms. The van der Waals surface area contributed by atoms with Crippen LogP contribution >= 0.6 is 0 Å². The predicted octanol–water partition coefficient (Wildman–Crippen LogP) is 0.774. The first kappa shape index (κ1) is 6.67. The molecular weight excluding hydrogens is 140 g/mol. The smallest absolute Gasteiger partial charge is 0.197 e. The number of rotatable bonds is 1. The molecule has 4 nitrogen and oxygen atoms in total. The Labute approximate surface area is 55.5 Å². The first-order valence-corrected chi connectivity index (χ1v) is 4.34. The first-order valence-electron chi connectivity index (χ1n) is 2.83. The van der Waals surface area contributed by atoms with Crippen molar-refractivity contribution in [3.05, 3.63) is 10.1 Å². The van der Waals surface area contributed by atoms with Gasteiger partial charge in [-0.3, -0.25) is 0 Å². The summed E-state index contributed by atoms with van der Waals surface area (Å²) in [4.78, 5) is 9.80. The van der Waals surface area contributed by atoms with Crippen molar-refractivity contribution in [1.29, 1.82) is 0 Å². The Morgan fingerprint density at radius 1 is 1.44 bits per heavy atom. The third-order valence-corrected chi connectivity index (χ3v) is 3.08. The summed E-state index contributed by atoms with van der Waals surface area (Å²) in [5.41, 5.74) is 0. The van der Waals surface area contributed by atoms with E-state index in [2.05, 4.69) is 4.47 Å². The zero-order valence-corrected chi connectivity index (χ0v) is 5.76. The van der Waals surface area contributed by atoms with E-state index in [4.69, 9.17) is 0 Å². The Hall–Kier alpha value is -0.450. The maximum absolute atomic E-state index is 9.80. The van der Waals surface area contributed by atoms with E-state index in [-0.39, 0.29) is 10.7 Å². The second-order valence-corrected chi connectivity index (χ2v) is 3.80. The van der Waals surface area contributed by atoms with Gasteiger partial charge in [0.15, 0.2) is 5.03 Å². The molecular formula is C4H8N2O2S. The lowest BCUT2D eigenvalue weighted by molar-refractivity contribution is -0.481. The Morgan fingerprint density at radius 2 is 2.00 bits per heavy atom. The fourth-order valence-corrected chi connectivity index (χ4v) is 2.45. The third kappa shape index (κ3) is 2.09. The summed E-state index contributed by atoms with van der Waals surface area (Å²) in [6, 6.07) is 0. The fraction of sp³-hybridized carbons (Fsp3) is 1.00. The van der Waals surface area contributed by atoms with Crippen molar-refractivity contribution in [2.75, 3.05) is 11.5 Å². The molecule has 0 N–H and O–H groups in total.